The summed E-state index contributed by atoms with van der Waals surface area (Å²) in [5.41, 5.74) is 5.86. The van der Waals surface area contributed by atoms with Crippen LogP contribution in [0.2, 0.25) is 0 Å². The largest absolute Gasteiger partial charge is 0.287 e. The smallest absolute Gasteiger partial charge is 0.269 e. The molecule has 0 unspecified atom stereocenters. The maximum absolute atomic E-state index is 12.1. The van der Waals surface area contributed by atoms with Crippen molar-refractivity contribution in [2.45, 2.75) is 0 Å². The number of nitrogens with one attached hydrogen (secondary N) is 1. The lowest BCUT2D eigenvalue weighted by atomic mass is 10.0. The van der Waals surface area contributed by atoms with Crippen LogP contribution in [0.3, 0.4) is 0 Å². The van der Waals surface area contributed by atoms with Crippen LogP contribution in [0.5, 0.6) is 0 Å². The summed E-state index contributed by atoms with van der Waals surface area (Å²) in [5, 5.41) is 14.5. The van der Waals surface area contributed by atoms with E-state index in [9.17, 15) is 14.9 Å². The minimum absolute atomic E-state index is 0.00545. The van der Waals surface area contributed by atoms with E-state index in [1.807, 2.05) is 42.5 Å². The van der Waals surface area contributed by atoms with Gasteiger partial charge >= 0.3 is 0 Å². The summed E-state index contributed by atoms with van der Waals surface area (Å²) in [6, 6.07) is 22.9. The average molecular weight is 345 g/mol. The van der Waals surface area contributed by atoms with Crippen LogP contribution in [0.25, 0.3) is 11.1 Å². The molecule has 0 bridgehead atoms. The molecular formula is C20H15N3O3. The van der Waals surface area contributed by atoms with Crippen LogP contribution in [0.4, 0.5) is 11.4 Å². The predicted octanol–water partition coefficient (Wildman–Crippen LogP) is 4.54. The van der Waals surface area contributed by atoms with Crippen molar-refractivity contribution in [2.75, 3.05) is 5.43 Å². The van der Waals surface area contributed by atoms with Crippen molar-refractivity contribution in [2.24, 2.45) is 5.10 Å². The summed E-state index contributed by atoms with van der Waals surface area (Å²) in [6.07, 6.45) is 1.18. The monoisotopic (exact) mass is 345 g/mol. The van der Waals surface area contributed by atoms with Gasteiger partial charge in [0.05, 0.1) is 16.8 Å². The van der Waals surface area contributed by atoms with Gasteiger partial charge in [-0.25, -0.2) is 0 Å². The van der Waals surface area contributed by atoms with Crippen LogP contribution in [0.1, 0.15) is 10.4 Å². The van der Waals surface area contributed by atoms with E-state index < -0.39 is 4.92 Å². The van der Waals surface area contributed by atoms with Crippen molar-refractivity contribution in [3.05, 3.63) is 94.5 Å². The first kappa shape index (κ1) is 17.0. The second-order valence-corrected chi connectivity index (χ2v) is 5.48. The Hall–Kier alpha value is -3.80. The number of benzene rings is 3. The number of ketones is 1. The molecule has 0 amide bonds. The molecule has 6 heteroatoms. The maximum Gasteiger partial charge on any atom is 0.269 e. The number of hydrogen-bond donors (Lipinski definition) is 1. The lowest BCUT2D eigenvalue weighted by Gasteiger charge is -2.02. The zero-order chi connectivity index (χ0) is 18.4. The third kappa shape index (κ3) is 4.18. The van der Waals surface area contributed by atoms with Crippen molar-refractivity contribution in [1.82, 2.24) is 0 Å². The van der Waals surface area contributed by atoms with Gasteiger partial charge in [0.1, 0.15) is 0 Å². The molecule has 0 heterocycles. The first-order valence-electron chi connectivity index (χ1n) is 7.87. The molecule has 1 N–H and O–H groups in total. The molecule has 0 aliphatic heterocycles. The highest BCUT2D eigenvalue weighted by atomic mass is 16.6. The molecule has 128 valence electrons. The molecule has 0 fully saturated rings. The fourth-order valence-corrected chi connectivity index (χ4v) is 2.36. The zero-order valence-corrected chi connectivity index (χ0v) is 13.7. The van der Waals surface area contributed by atoms with Crippen molar-refractivity contribution in [3.8, 4) is 11.1 Å². The Kier molecular flexibility index (Phi) is 5.14. The summed E-state index contributed by atoms with van der Waals surface area (Å²) in [5.74, 6) is -0.237. The molecule has 0 atom stereocenters. The molecule has 26 heavy (non-hydrogen) atoms. The molecule has 0 aromatic heterocycles. The number of hydrogen-bond acceptors (Lipinski definition) is 5. The van der Waals surface area contributed by atoms with E-state index in [-0.39, 0.29) is 11.5 Å². The summed E-state index contributed by atoms with van der Waals surface area (Å²) in [6.45, 7) is 0. The van der Waals surface area contributed by atoms with E-state index in [1.165, 1.54) is 30.5 Å². The van der Waals surface area contributed by atoms with Gasteiger partial charge in [-0.05, 0) is 23.3 Å². The summed E-state index contributed by atoms with van der Waals surface area (Å²) >= 11 is 0. The quantitative estimate of drug-likeness (QED) is 0.307. The highest BCUT2D eigenvalue weighted by Gasteiger charge is 2.05. The van der Waals surface area contributed by atoms with Crippen LogP contribution in [-0.2, 0) is 0 Å². The van der Waals surface area contributed by atoms with Gasteiger partial charge in [0.2, 0.25) is 5.78 Å². The Bertz CT molecular complexity index is 934. The van der Waals surface area contributed by atoms with Crippen LogP contribution in [-0.4, -0.2) is 16.9 Å². The molecule has 0 saturated carbocycles. The first-order chi connectivity index (χ1) is 12.6. The number of nitro benzene ring substituents is 1. The molecule has 0 aliphatic carbocycles. The van der Waals surface area contributed by atoms with Gasteiger partial charge in [-0.15, -0.1) is 0 Å². The van der Waals surface area contributed by atoms with Gasteiger partial charge in [0.15, 0.2) is 0 Å². The number of nitro groups is 1. The predicted molar refractivity (Wildman–Crippen MR) is 101 cm³/mol. The standard InChI is InChI=1S/C20H15N3O3/c24-20(14-21-22-18-10-12-19(13-11-18)23(25)26)17-8-6-16(7-9-17)15-4-2-1-3-5-15/h1-14,22H/b21-14+. The molecule has 0 saturated heterocycles. The minimum Gasteiger partial charge on any atom is -0.287 e. The van der Waals surface area contributed by atoms with Crippen LogP contribution in [0, 0.1) is 10.1 Å². The fourth-order valence-electron chi connectivity index (χ4n) is 2.36. The van der Waals surface area contributed by atoms with Gasteiger partial charge in [-0.2, -0.15) is 5.10 Å². The number of nitrogens with zero attached hydrogens (tertiary/aromatic N) is 2. The average Bonchev–Trinajstić information content (AvgIpc) is 2.69. The van der Waals surface area contributed by atoms with Gasteiger partial charge in [-0.1, -0.05) is 54.6 Å². The number of carbonyl (C=O) groups excluding carboxylic acids is 1. The van der Waals surface area contributed by atoms with E-state index in [4.69, 9.17) is 0 Å². The van der Waals surface area contributed by atoms with Gasteiger partial charge < -0.3 is 0 Å². The highest BCUT2D eigenvalue weighted by molar-refractivity contribution is 6.35. The lowest BCUT2D eigenvalue weighted by molar-refractivity contribution is -0.384. The van der Waals surface area contributed by atoms with Crippen molar-refractivity contribution >= 4 is 23.4 Å². The van der Waals surface area contributed by atoms with Crippen LogP contribution < -0.4 is 5.43 Å². The Morgan fingerprint density at radius 1 is 0.885 bits per heavy atom. The summed E-state index contributed by atoms with van der Waals surface area (Å²) in [7, 11) is 0. The molecule has 3 rings (SSSR count). The summed E-state index contributed by atoms with van der Waals surface area (Å²) < 4.78 is 0. The number of hydrazone groups is 1. The Morgan fingerprint density at radius 2 is 1.50 bits per heavy atom. The van der Waals surface area contributed by atoms with Gasteiger partial charge in [0, 0.05) is 17.7 Å². The topological polar surface area (TPSA) is 84.6 Å². The fraction of sp³-hybridized carbons (Fsp3) is 0. The number of anilines is 1. The lowest BCUT2D eigenvalue weighted by Crippen LogP contribution is -2.02. The van der Waals surface area contributed by atoms with Crippen molar-refractivity contribution < 1.29 is 9.72 Å². The van der Waals surface area contributed by atoms with Gasteiger partial charge in [-0.3, -0.25) is 20.3 Å². The van der Waals surface area contributed by atoms with E-state index in [1.54, 1.807) is 12.1 Å². The van der Waals surface area contributed by atoms with E-state index in [0.29, 0.717) is 11.3 Å². The Balaban J connectivity index is 1.62. The number of Topliss-reactive ketones (excluding diaryl/α,β-unsaturated/α-hetero) is 1. The molecule has 3 aromatic carbocycles. The highest BCUT2D eigenvalue weighted by Crippen LogP contribution is 2.19. The van der Waals surface area contributed by atoms with Crippen LogP contribution in [0.15, 0.2) is 84.0 Å². The van der Waals surface area contributed by atoms with E-state index in [2.05, 4.69) is 10.5 Å². The van der Waals surface area contributed by atoms with Crippen LogP contribution >= 0.6 is 0 Å². The molecule has 0 spiro atoms. The molecule has 0 aliphatic rings. The van der Waals surface area contributed by atoms with E-state index in [0.717, 1.165) is 11.1 Å². The molecule has 0 radical (unpaired) electrons. The Morgan fingerprint density at radius 3 is 2.12 bits per heavy atom. The number of non-ortho nitro benzene ring substituents is 1. The molecule has 6 nitrogen and oxygen atoms in total. The van der Waals surface area contributed by atoms with E-state index >= 15 is 0 Å². The molecule has 3 aromatic rings. The normalized spacial score (nSPS) is 10.6. The Labute approximate surface area is 150 Å². The third-order valence-electron chi connectivity index (χ3n) is 3.73. The SMILES string of the molecule is O=C(/C=N/Nc1ccc([N+](=O)[O-])cc1)c1ccc(-c2ccccc2)cc1. The second-order valence-electron chi connectivity index (χ2n) is 5.48. The second kappa shape index (κ2) is 7.85. The number of rotatable bonds is 6. The summed E-state index contributed by atoms with van der Waals surface area (Å²) in [4.78, 5) is 22.3. The number of carbonyl (C=O) groups is 1. The molecular weight excluding hydrogens is 330 g/mol. The van der Waals surface area contributed by atoms with Gasteiger partial charge in [0.25, 0.3) is 5.69 Å². The maximum atomic E-state index is 12.1. The first-order valence-corrected chi connectivity index (χ1v) is 7.87. The van der Waals surface area contributed by atoms with Crippen molar-refractivity contribution in [3.63, 3.8) is 0 Å². The minimum atomic E-state index is -0.477. The van der Waals surface area contributed by atoms with Crippen molar-refractivity contribution in [1.29, 1.82) is 0 Å². The zero-order valence-electron chi connectivity index (χ0n) is 13.7. The third-order valence-corrected chi connectivity index (χ3v) is 3.73.